The smallest absolute Gasteiger partial charge is 0.0265 e. The fourth-order valence-electron chi connectivity index (χ4n) is 1.92. The molecule has 0 aromatic heterocycles. The van der Waals surface area contributed by atoms with Crippen LogP contribution >= 0.6 is 38.5 Å². The quantitative estimate of drug-likeness (QED) is 0.512. The molecule has 0 nitrogen and oxygen atoms in total. The highest BCUT2D eigenvalue weighted by Gasteiger charge is 2.12. The van der Waals surface area contributed by atoms with Crippen molar-refractivity contribution in [2.24, 2.45) is 0 Å². The average molecular weight is 357 g/mol. The van der Waals surface area contributed by atoms with Crippen molar-refractivity contribution in [2.45, 2.75) is 0 Å². The largest absolute Gasteiger partial charge is 0.0537 e. The van der Waals surface area contributed by atoms with Gasteiger partial charge in [0.05, 0.1) is 0 Å². The van der Waals surface area contributed by atoms with Gasteiger partial charge in [-0.15, -0.1) is 0 Å². The number of hydrogen-bond acceptors (Lipinski definition) is 0. The van der Waals surface area contributed by atoms with Crippen molar-refractivity contribution in [3.05, 3.63) is 43.4 Å². The molecule has 14 heavy (non-hydrogen) atoms. The van der Waals surface area contributed by atoms with Gasteiger partial charge in [0.15, 0.2) is 0 Å². The summed E-state index contributed by atoms with van der Waals surface area (Å²) in [4.78, 5) is 0. The molecule has 0 saturated heterocycles. The third-order valence-corrected chi connectivity index (χ3v) is 4.13. The first-order valence-electron chi connectivity index (χ1n) is 4.36. The van der Waals surface area contributed by atoms with Crippen molar-refractivity contribution in [3.8, 4) is 0 Å². The van der Waals surface area contributed by atoms with E-state index >= 15 is 0 Å². The Morgan fingerprint density at radius 3 is 2.21 bits per heavy atom. The molecule has 0 aliphatic heterocycles. The molecule has 0 bridgehead atoms. The van der Waals surface area contributed by atoms with Crippen molar-refractivity contribution < 1.29 is 0 Å². The predicted molar refractivity (Wildman–Crippen MR) is 73.3 cm³/mol. The summed E-state index contributed by atoms with van der Waals surface area (Å²) in [5.74, 6) is 0. The zero-order chi connectivity index (χ0) is 9.71. The van der Waals surface area contributed by atoms with Crippen LogP contribution in [0.2, 0.25) is 0 Å². The molecular weight excluding hydrogens is 351 g/mol. The summed E-state index contributed by atoms with van der Waals surface area (Å²) in [6.07, 6.45) is 4.36. The highest BCUT2D eigenvalue weighted by Crippen LogP contribution is 2.37. The van der Waals surface area contributed by atoms with E-state index in [-0.39, 0.29) is 0 Å². The molecule has 3 rings (SSSR count). The van der Waals surface area contributed by atoms with E-state index in [1.807, 2.05) is 0 Å². The molecule has 68 valence electrons. The molecule has 0 radical (unpaired) electrons. The lowest BCUT2D eigenvalue weighted by Gasteiger charge is -2.06. The fraction of sp³-hybridized carbons (Fsp3) is 0. The van der Waals surface area contributed by atoms with Gasteiger partial charge >= 0.3 is 0 Å². The highest BCUT2D eigenvalue weighted by atomic mass is 127. The lowest BCUT2D eigenvalue weighted by atomic mass is 10.0. The second-order valence-electron chi connectivity index (χ2n) is 3.36. The van der Waals surface area contributed by atoms with Crippen LogP contribution in [-0.4, -0.2) is 0 Å². The van der Waals surface area contributed by atoms with Gasteiger partial charge in [-0.2, -0.15) is 0 Å². The van der Waals surface area contributed by atoms with E-state index in [9.17, 15) is 0 Å². The van der Waals surface area contributed by atoms with E-state index in [0.29, 0.717) is 0 Å². The van der Waals surface area contributed by atoms with Gasteiger partial charge in [-0.05, 0) is 51.2 Å². The van der Waals surface area contributed by atoms with Crippen molar-refractivity contribution >= 4 is 61.4 Å². The Kier molecular flexibility index (Phi) is 1.96. The molecule has 0 amide bonds. The van der Waals surface area contributed by atoms with Crippen LogP contribution in [0.3, 0.4) is 0 Å². The molecule has 0 spiro atoms. The van der Waals surface area contributed by atoms with Crippen molar-refractivity contribution in [1.82, 2.24) is 0 Å². The Hall–Kier alpha value is -0.350. The van der Waals surface area contributed by atoms with E-state index in [0.717, 1.165) is 0 Å². The number of halogens is 2. The van der Waals surface area contributed by atoms with Gasteiger partial charge in [0.2, 0.25) is 0 Å². The Morgan fingerprint density at radius 2 is 1.50 bits per heavy atom. The third kappa shape index (κ3) is 1.10. The molecule has 0 unspecified atom stereocenters. The standard InChI is InChI=1S/C12H6BrI/c13-9-5-3-7-1-2-8-4-6-10(14)12(9)11(7)8/h1-6H. The molecule has 0 N–H and O–H groups in total. The Balaban J connectivity index is 2.64. The Morgan fingerprint density at radius 1 is 0.857 bits per heavy atom. The molecule has 1 aliphatic rings. The monoisotopic (exact) mass is 356 g/mol. The average Bonchev–Trinajstić information content (AvgIpc) is 2.58. The molecule has 2 heteroatoms. The minimum absolute atomic E-state index is 1.19. The Labute approximate surface area is 104 Å². The molecule has 0 saturated carbocycles. The first-order valence-corrected chi connectivity index (χ1v) is 6.23. The Bertz CT molecular complexity index is 523. The lowest BCUT2D eigenvalue weighted by Crippen LogP contribution is -1.83. The van der Waals surface area contributed by atoms with Gasteiger partial charge in [-0.3, -0.25) is 0 Å². The van der Waals surface area contributed by atoms with Gasteiger partial charge in [0.1, 0.15) is 0 Å². The van der Waals surface area contributed by atoms with Gasteiger partial charge in [-0.25, -0.2) is 0 Å². The summed E-state index contributed by atoms with van der Waals surface area (Å²) in [5.41, 5.74) is 2.66. The van der Waals surface area contributed by atoms with Crippen LogP contribution in [0.4, 0.5) is 0 Å². The summed E-state index contributed by atoms with van der Waals surface area (Å²) >= 11 is 6.00. The summed E-state index contributed by atoms with van der Waals surface area (Å²) in [6, 6.07) is 8.64. The summed E-state index contributed by atoms with van der Waals surface area (Å²) in [5, 5.41) is 2.72. The van der Waals surface area contributed by atoms with Gasteiger partial charge in [0.25, 0.3) is 0 Å². The van der Waals surface area contributed by atoms with E-state index in [1.54, 1.807) is 0 Å². The van der Waals surface area contributed by atoms with Crippen LogP contribution in [0.25, 0.3) is 22.9 Å². The zero-order valence-corrected chi connectivity index (χ0v) is 11.0. The second kappa shape index (κ2) is 3.07. The predicted octanol–water partition coefficient (Wildman–Crippen LogP) is 4.69. The lowest BCUT2D eigenvalue weighted by molar-refractivity contribution is 1.65. The zero-order valence-electron chi connectivity index (χ0n) is 7.22. The van der Waals surface area contributed by atoms with Crippen LogP contribution < -0.4 is 0 Å². The maximum atomic E-state index is 3.61. The molecule has 2 aromatic carbocycles. The fourth-order valence-corrected chi connectivity index (χ4v) is 3.58. The molecule has 0 fully saturated rings. The number of rotatable bonds is 0. The van der Waals surface area contributed by atoms with Crippen LogP contribution in [0.5, 0.6) is 0 Å². The molecule has 2 aromatic rings. The van der Waals surface area contributed by atoms with E-state index < -0.39 is 0 Å². The molecule has 0 atom stereocenters. The first-order chi connectivity index (χ1) is 6.77. The van der Waals surface area contributed by atoms with E-state index in [1.165, 1.54) is 29.9 Å². The summed E-state index contributed by atoms with van der Waals surface area (Å²) < 4.78 is 2.49. The minimum Gasteiger partial charge on any atom is -0.0537 e. The second-order valence-corrected chi connectivity index (χ2v) is 5.37. The van der Waals surface area contributed by atoms with Crippen molar-refractivity contribution in [3.63, 3.8) is 0 Å². The summed E-state index contributed by atoms with van der Waals surface area (Å²) in [7, 11) is 0. The SMILES string of the molecule is Brc1ccc2c3c(ccc(I)c13)C=C2. The van der Waals surface area contributed by atoms with Gasteiger partial charge in [-0.1, -0.05) is 40.2 Å². The molecule has 1 aliphatic carbocycles. The first kappa shape index (κ1) is 8.92. The normalized spacial score (nSPS) is 12.7. The number of hydrogen-bond donors (Lipinski definition) is 0. The van der Waals surface area contributed by atoms with Crippen LogP contribution in [0, 0.1) is 3.57 Å². The van der Waals surface area contributed by atoms with E-state index in [4.69, 9.17) is 0 Å². The number of benzene rings is 2. The van der Waals surface area contributed by atoms with Crippen molar-refractivity contribution in [1.29, 1.82) is 0 Å². The van der Waals surface area contributed by atoms with Gasteiger partial charge in [0, 0.05) is 13.4 Å². The van der Waals surface area contributed by atoms with E-state index in [2.05, 4.69) is 74.9 Å². The van der Waals surface area contributed by atoms with Crippen LogP contribution in [0.15, 0.2) is 28.7 Å². The summed E-state index contributed by atoms with van der Waals surface area (Å²) in [6.45, 7) is 0. The highest BCUT2D eigenvalue weighted by molar-refractivity contribution is 14.1. The van der Waals surface area contributed by atoms with Crippen LogP contribution in [0.1, 0.15) is 11.1 Å². The maximum Gasteiger partial charge on any atom is 0.0265 e. The minimum atomic E-state index is 1.19. The third-order valence-electron chi connectivity index (χ3n) is 2.57. The molecule has 0 heterocycles. The molecular formula is C12H6BrI. The maximum absolute atomic E-state index is 3.61. The van der Waals surface area contributed by atoms with Crippen LogP contribution in [-0.2, 0) is 0 Å². The van der Waals surface area contributed by atoms with Gasteiger partial charge < -0.3 is 0 Å². The van der Waals surface area contributed by atoms with Crippen molar-refractivity contribution in [2.75, 3.05) is 0 Å². The topological polar surface area (TPSA) is 0 Å².